The van der Waals surface area contributed by atoms with Crippen LogP contribution in [0.15, 0.2) is 41.3 Å². The van der Waals surface area contributed by atoms with Crippen LogP contribution in [0.4, 0.5) is 10.2 Å². The van der Waals surface area contributed by atoms with E-state index in [4.69, 9.17) is 16.3 Å². The summed E-state index contributed by atoms with van der Waals surface area (Å²) < 4.78 is 45.7. The van der Waals surface area contributed by atoms with E-state index in [0.29, 0.717) is 5.56 Å². The van der Waals surface area contributed by atoms with Crippen molar-refractivity contribution in [1.29, 1.82) is 2.67 Å². The summed E-state index contributed by atoms with van der Waals surface area (Å²) in [7, 11) is 0.446. The van der Waals surface area contributed by atoms with Gasteiger partial charge < -0.3 is 24.3 Å². The van der Waals surface area contributed by atoms with Gasteiger partial charge in [-0.15, -0.1) is 0 Å². The number of esters is 1. The zero-order valence-corrected chi connectivity index (χ0v) is 20.9. The van der Waals surface area contributed by atoms with Crippen LogP contribution in [0.5, 0.6) is 0 Å². The number of ether oxygens (including phenoxy) is 2. The van der Waals surface area contributed by atoms with Crippen molar-refractivity contribution in [3.8, 4) is 0 Å². The van der Waals surface area contributed by atoms with E-state index in [2.05, 4.69) is 15.6 Å². The van der Waals surface area contributed by atoms with Gasteiger partial charge in [-0.1, -0.05) is 12.1 Å². The Morgan fingerprint density at radius 3 is 2.84 bits per heavy atom. The van der Waals surface area contributed by atoms with Crippen molar-refractivity contribution < 1.29 is 32.4 Å². The van der Waals surface area contributed by atoms with Gasteiger partial charge in [0.25, 0.3) is 5.91 Å². The molecule has 3 atom stereocenters. The third-order valence-electron chi connectivity index (χ3n) is 5.33. The van der Waals surface area contributed by atoms with E-state index in [0.717, 1.165) is 16.6 Å². The van der Waals surface area contributed by atoms with Crippen molar-refractivity contribution in [2.24, 2.45) is 0 Å². The number of carbonyl (C=O) groups is 3. The monoisotopic (exact) mass is 537 g/mol. The molecule has 1 aliphatic heterocycles. The fourth-order valence-corrected chi connectivity index (χ4v) is 3.76. The highest BCUT2D eigenvalue weighted by molar-refractivity contribution is 7.95. The van der Waals surface area contributed by atoms with Gasteiger partial charge in [0.2, 0.25) is 5.91 Å². The van der Waals surface area contributed by atoms with Gasteiger partial charge in [-0.05, 0) is 44.1 Å². The third-order valence-corrected chi connectivity index (χ3v) is 5.77. The largest absolute Gasteiger partial charge is 0.461 e. The normalized spacial score (nSPS) is 19.5. The van der Waals surface area contributed by atoms with Gasteiger partial charge in [-0.2, -0.15) is 4.98 Å². The second-order valence-corrected chi connectivity index (χ2v) is 8.76. The molecule has 2 heterocycles. The summed E-state index contributed by atoms with van der Waals surface area (Å²) in [6, 6.07) is 7.58. The SMILES string of the molecule is [2H]B([3H])CSOC[C@@H]1C[C@@H](F)[C@H](n2ccc(NC(=O)c3ccc(COC(=O)CCC(=O)NC)cc3)nc2=O)O1. The molecule has 2 amide bonds. The van der Waals surface area contributed by atoms with E-state index in [1.165, 1.54) is 31.4 Å². The first-order chi connectivity index (χ1) is 18.7. The van der Waals surface area contributed by atoms with Crippen molar-refractivity contribution in [3.05, 3.63) is 58.1 Å². The smallest absolute Gasteiger partial charge is 0.351 e. The Labute approximate surface area is 220 Å². The highest BCUT2D eigenvalue weighted by atomic mass is 32.2. The van der Waals surface area contributed by atoms with Crippen LogP contribution in [0.3, 0.4) is 0 Å². The molecule has 198 valence electrons. The van der Waals surface area contributed by atoms with Crippen LogP contribution < -0.4 is 16.3 Å². The Morgan fingerprint density at radius 1 is 1.35 bits per heavy atom. The molecule has 1 aromatic carbocycles. The van der Waals surface area contributed by atoms with Crippen LogP contribution in [0.25, 0.3) is 0 Å². The molecule has 0 bridgehead atoms. The number of rotatable bonds is 13. The van der Waals surface area contributed by atoms with Gasteiger partial charge in [-0.25, -0.2) is 9.18 Å². The Hall–Kier alpha value is -3.23. The van der Waals surface area contributed by atoms with E-state index in [1.54, 1.807) is 12.1 Å². The molecule has 1 aromatic heterocycles. The van der Waals surface area contributed by atoms with Crippen molar-refractivity contribution in [3.63, 3.8) is 0 Å². The van der Waals surface area contributed by atoms with Gasteiger partial charge in [0, 0.05) is 31.6 Å². The number of nitrogens with zero attached hydrogens (tertiary/aromatic N) is 2. The molecule has 1 fully saturated rings. The number of anilines is 1. The summed E-state index contributed by atoms with van der Waals surface area (Å²) in [6.45, 7) is 0.0270. The zero-order chi connectivity index (χ0) is 28.4. The summed E-state index contributed by atoms with van der Waals surface area (Å²) in [5, 5.41) is 4.93. The second kappa shape index (κ2) is 13.9. The minimum absolute atomic E-state index is 0.00649. The Balaban J connectivity index is 1.50. The second-order valence-electron chi connectivity index (χ2n) is 7.96. The first kappa shape index (κ1) is 25.4. The number of halogens is 1. The van der Waals surface area contributed by atoms with E-state index in [9.17, 15) is 23.6 Å². The molecular weight excluding hydrogens is 506 g/mol. The minimum atomic E-state index is -1.47. The van der Waals surface area contributed by atoms with Gasteiger partial charge in [0.15, 0.2) is 6.23 Å². The molecule has 2 aromatic rings. The Kier molecular flexibility index (Phi) is 9.56. The first-order valence-electron chi connectivity index (χ1n) is 12.6. The lowest BCUT2D eigenvalue weighted by molar-refractivity contribution is -0.146. The molecule has 37 heavy (non-hydrogen) atoms. The summed E-state index contributed by atoms with van der Waals surface area (Å²) in [5.41, 5.74) is 0.238. The molecule has 2 N–H and O–H groups in total. The molecule has 0 aliphatic carbocycles. The average molecular weight is 537 g/mol. The van der Waals surface area contributed by atoms with Gasteiger partial charge in [0.1, 0.15) is 26.4 Å². The lowest BCUT2D eigenvalue weighted by Gasteiger charge is -2.16. The van der Waals surface area contributed by atoms with Gasteiger partial charge in [-0.3, -0.25) is 19.0 Å². The number of amides is 2. The lowest BCUT2D eigenvalue weighted by atomic mass is 10.1. The molecular formula is C23H28BFN4O7S. The molecule has 0 radical (unpaired) electrons. The summed E-state index contributed by atoms with van der Waals surface area (Å²) in [5.74, 6) is -1.34. The maximum absolute atomic E-state index is 14.5. The van der Waals surface area contributed by atoms with Crippen molar-refractivity contribution in [1.82, 2.24) is 14.9 Å². The topological polar surface area (TPSA) is 138 Å². The summed E-state index contributed by atoms with van der Waals surface area (Å²) >= 11 is 0.932. The maximum Gasteiger partial charge on any atom is 0.351 e. The van der Waals surface area contributed by atoms with Crippen LogP contribution in [0, 0.1) is 0 Å². The highest BCUT2D eigenvalue weighted by Gasteiger charge is 2.37. The fourth-order valence-electron chi connectivity index (χ4n) is 3.42. The molecule has 0 spiro atoms. The van der Waals surface area contributed by atoms with Crippen molar-refractivity contribution >= 4 is 43.4 Å². The van der Waals surface area contributed by atoms with Crippen molar-refractivity contribution in [2.45, 2.75) is 44.4 Å². The molecule has 1 aliphatic rings. The average Bonchev–Trinajstić information content (AvgIpc) is 3.28. The fraction of sp³-hybridized carbons (Fsp3) is 0.435. The first-order valence-corrected chi connectivity index (χ1v) is 12.3. The number of alkyl halides is 1. The van der Waals surface area contributed by atoms with Crippen LogP contribution >= 0.6 is 12.0 Å². The predicted octanol–water partition coefficient (Wildman–Crippen LogP) is 0.946. The number of aromatic nitrogens is 2. The summed E-state index contributed by atoms with van der Waals surface area (Å²) in [4.78, 5) is 51.8. The quantitative estimate of drug-likeness (QED) is 0.166. The molecule has 0 unspecified atom stereocenters. The van der Waals surface area contributed by atoms with Crippen LogP contribution in [0.1, 0.15) is 41.4 Å². The van der Waals surface area contributed by atoms with Crippen LogP contribution in [-0.4, -0.2) is 69.4 Å². The highest BCUT2D eigenvalue weighted by Crippen LogP contribution is 2.31. The minimum Gasteiger partial charge on any atom is -0.461 e. The Bertz CT molecular complexity index is 1210. The zero-order valence-electron chi connectivity index (χ0n) is 22.1. The Morgan fingerprint density at radius 2 is 2.14 bits per heavy atom. The molecule has 11 nitrogen and oxygen atoms in total. The van der Waals surface area contributed by atoms with E-state index >= 15 is 0 Å². The van der Waals surface area contributed by atoms with E-state index in [1.807, 2.05) is 0 Å². The standard InChI is InChI=1S/C23H28BFN4O7S/c1-26-19(30)6-7-20(31)34-11-14-2-4-15(5-3-14)21(32)27-18-8-9-29(23(33)28-18)22-17(25)10-16(36-22)12-35-37-13-24/h2-5,8-9,16-17,22H,6-7,10-13,24H2,1H3,(H,26,30)(H,27,28,32,33)/t16-,17+,22+/m0/s1/i24TD. The third kappa shape index (κ3) is 8.40. The van der Waals surface area contributed by atoms with E-state index < -0.39 is 43.8 Å². The van der Waals surface area contributed by atoms with Gasteiger partial charge >= 0.3 is 11.7 Å². The molecule has 3 rings (SSSR count). The molecule has 14 heteroatoms. The number of hydrogen-bond donors (Lipinski definition) is 2. The van der Waals surface area contributed by atoms with Crippen LogP contribution in [0.2, 0.25) is 0 Å². The summed E-state index contributed by atoms with van der Waals surface area (Å²) in [6.07, 6.45) is -1.99. The predicted molar refractivity (Wildman–Crippen MR) is 136 cm³/mol. The van der Waals surface area contributed by atoms with E-state index in [-0.39, 0.29) is 55.4 Å². The number of nitrogens with one attached hydrogen (secondary N) is 2. The van der Waals surface area contributed by atoms with Gasteiger partial charge in [0.05, 0.1) is 19.1 Å². The number of hydrogen-bond acceptors (Lipinski definition) is 9. The molecule has 0 saturated carbocycles. The lowest BCUT2D eigenvalue weighted by Crippen LogP contribution is -2.31. The number of benzene rings is 1. The maximum atomic E-state index is 14.5. The number of carbonyl (C=O) groups excluding carboxylic acids is 3. The molecule has 1 saturated heterocycles. The van der Waals surface area contributed by atoms with Crippen molar-refractivity contribution in [2.75, 3.05) is 24.6 Å². The van der Waals surface area contributed by atoms with Crippen LogP contribution in [-0.2, 0) is 29.9 Å².